The Balaban J connectivity index is 1.27. The summed E-state index contributed by atoms with van der Waals surface area (Å²) >= 11 is 0. The minimum Gasteiger partial charge on any atom is -0.494 e. The number of aromatic nitrogens is 2. The lowest BCUT2D eigenvalue weighted by molar-refractivity contribution is -0.0876. The summed E-state index contributed by atoms with van der Waals surface area (Å²) in [6.07, 6.45) is 3.65. The van der Waals surface area contributed by atoms with Crippen LogP contribution in [0.3, 0.4) is 0 Å². The van der Waals surface area contributed by atoms with Crippen LogP contribution in [0.1, 0.15) is 42.9 Å². The number of pyridine rings is 1. The molecule has 5 aromatic rings. The lowest BCUT2D eigenvalue weighted by atomic mass is 9.78. The van der Waals surface area contributed by atoms with Crippen LogP contribution in [0.15, 0.2) is 72.9 Å². The van der Waals surface area contributed by atoms with E-state index in [9.17, 15) is 15.5 Å². The standard InChI is InChI=1S/C31H25N3O4/c1-30-12-13-31(38-30,14-16-37-21-10-8-20-6-4-15-33-24(20)17-21)27-26(30)28(35)34(29(27)36)25-11-9-19-5-2-3-7-22(19)23(25)18-32/h2-11,15,17,35-36H,12-14,16H2,1H3. The topological polar surface area (TPSA) is 101 Å². The second-order valence-electron chi connectivity index (χ2n) is 10.3. The van der Waals surface area contributed by atoms with Crippen molar-refractivity contribution in [2.75, 3.05) is 6.61 Å². The molecule has 0 aliphatic carbocycles. The van der Waals surface area contributed by atoms with Gasteiger partial charge in [0.05, 0.1) is 40.1 Å². The molecule has 2 N–H and O–H groups in total. The van der Waals surface area contributed by atoms with Crippen LogP contribution in [0.4, 0.5) is 0 Å². The largest absolute Gasteiger partial charge is 0.494 e. The number of fused-ring (bicyclic) bond motifs is 7. The number of hydrogen-bond acceptors (Lipinski definition) is 6. The van der Waals surface area contributed by atoms with E-state index >= 15 is 0 Å². The van der Waals surface area contributed by atoms with Gasteiger partial charge in [0.2, 0.25) is 11.8 Å². The fourth-order valence-electron chi connectivity index (χ4n) is 6.37. The van der Waals surface area contributed by atoms with Crippen LogP contribution in [0.2, 0.25) is 0 Å². The monoisotopic (exact) mass is 503 g/mol. The van der Waals surface area contributed by atoms with Gasteiger partial charge in [0, 0.05) is 29.5 Å². The third-order valence-electron chi connectivity index (χ3n) is 8.14. The summed E-state index contributed by atoms with van der Waals surface area (Å²) in [4.78, 5) is 4.40. The third kappa shape index (κ3) is 3.07. The average molecular weight is 504 g/mol. The van der Waals surface area contributed by atoms with E-state index in [-0.39, 0.29) is 11.8 Å². The highest BCUT2D eigenvalue weighted by Crippen LogP contribution is 2.65. The summed E-state index contributed by atoms with van der Waals surface area (Å²) in [5, 5.41) is 35.8. The summed E-state index contributed by atoms with van der Waals surface area (Å²) in [6, 6.07) is 23.3. The van der Waals surface area contributed by atoms with Crippen molar-refractivity contribution in [1.29, 1.82) is 5.26 Å². The summed E-state index contributed by atoms with van der Waals surface area (Å²) in [5.41, 5.74) is 1.34. The van der Waals surface area contributed by atoms with Crippen LogP contribution in [0.25, 0.3) is 27.4 Å². The molecule has 0 amide bonds. The quantitative estimate of drug-likeness (QED) is 0.298. The van der Waals surface area contributed by atoms with Gasteiger partial charge in [-0.3, -0.25) is 4.98 Å². The molecule has 2 aliphatic rings. The first-order valence-corrected chi connectivity index (χ1v) is 12.7. The van der Waals surface area contributed by atoms with E-state index in [0.717, 1.165) is 21.7 Å². The Labute approximate surface area is 219 Å². The van der Waals surface area contributed by atoms with Gasteiger partial charge in [-0.2, -0.15) is 5.26 Å². The summed E-state index contributed by atoms with van der Waals surface area (Å²) < 4.78 is 14.1. The molecule has 2 aromatic heterocycles. The van der Waals surface area contributed by atoms with E-state index in [1.807, 2.05) is 67.6 Å². The van der Waals surface area contributed by atoms with Crippen LogP contribution >= 0.6 is 0 Å². The van der Waals surface area contributed by atoms with Crippen molar-refractivity contribution in [2.24, 2.45) is 0 Å². The maximum Gasteiger partial charge on any atom is 0.205 e. The zero-order valence-electron chi connectivity index (χ0n) is 20.8. The summed E-state index contributed by atoms with van der Waals surface area (Å²) in [6.45, 7) is 2.31. The molecule has 3 aromatic carbocycles. The van der Waals surface area contributed by atoms with Crippen molar-refractivity contribution in [3.05, 3.63) is 89.6 Å². The molecule has 0 radical (unpaired) electrons. The van der Waals surface area contributed by atoms with Gasteiger partial charge in [-0.25, -0.2) is 4.57 Å². The lowest BCUT2D eigenvalue weighted by Gasteiger charge is -2.26. The number of rotatable bonds is 5. The fraction of sp³-hybridized carbons (Fsp3) is 0.226. The number of aromatic hydroxyl groups is 2. The summed E-state index contributed by atoms with van der Waals surface area (Å²) in [5.74, 6) is 0.531. The molecule has 0 saturated carbocycles. The first kappa shape index (κ1) is 22.6. The molecule has 7 nitrogen and oxygen atoms in total. The van der Waals surface area contributed by atoms with Crippen molar-refractivity contribution in [2.45, 2.75) is 37.4 Å². The summed E-state index contributed by atoms with van der Waals surface area (Å²) in [7, 11) is 0. The van der Waals surface area contributed by atoms with Crippen molar-refractivity contribution in [3.63, 3.8) is 0 Å². The van der Waals surface area contributed by atoms with Gasteiger partial charge in [0.1, 0.15) is 17.4 Å². The van der Waals surface area contributed by atoms with Crippen molar-refractivity contribution >= 4 is 21.7 Å². The van der Waals surface area contributed by atoms with Crippen LogP contribution in [-0.2, 0) is 15.9 Å². The number of nitriles is 1. The van der Waals surface area contributed by atoms with Crippen molar-refractivity contribution < 1.29 is 19.7 Å². The molecular formula is C31H25N3O4. The number of ether oxygens (including phenoxy) is 2. The Morgan fingerprint density at radius 2 is 1.79 bits per heavy atom. The minimum atomic E-state index is -0.796. The second-order valence-corrected chi connectivity index (χ2v) is 10.3. The van der Waals surface area contributed by atoms with E-state index in [2.05, 4.69) is 11.1 Å². The highest BCUT2D eigenvalue weighted by atomic mass is 16.5. The lowest BCUT2D eigenvalue weighted by Crippen LogP contribution is -2.25. The van der Waals surface area contributed by atoms with E-state index < -0.39 is 11.2 Å². The molecule has 7 heteroatoms. The molecule has 2 aliphatic heterocycles. The van der Waals surface area contributed by atoms with Crippen molar-refractivity contribution in [3.8, 4) is 29.3 Å². The first-order valence-electron chi connectivity index (χ1n) is 12.7. The number of benzene rings is 3. The Morgan fingerprint density at radius 3 is 2.66 bits per heavy atom. The molecule has 188 valence electrons. The van der Waals surface area contributed by atoms with Crippen LogP contribution < -0.4 is 4.74 Å². The molecular weight excluding hydrogens is 478 g/mol. The highest BCUT2D eigenvalue weighted by Gasteiger charge is 2.61. The van der Waals surface area contributed by atoms with Gasteiger partial charge in [-0.1, -0.05) is 36.4 Å². The second kappa shape index (κ2) is 7.98. The van der Waals surface area contributed by atoms with E-state index in [1.54, 1.807) is 12.3 Å². The highest BCUT2D eigenvalue weighted by molar-refractivity contribution is 5.91. The van der Waals surface area contributed by atoms with Crippen molar-refractivity contribution in [1.82, 2.24) is 9.55 Å². The van der Waals surface area contributed by atoms with Gasteiger partial charge in [0.25, 0.3) is 0 Å². The van der Waals surface area contributed by atoms with E-state index in [1.165, 1.54) is 4.57 Å². The average Bonchev–Trinajstić information content (AvgIpc) is 3.52. The molecule has 1 saturated heterocycles. The van der Waals surface area contributed by atoms with E-state index in [4.69, 9.17) is 9.47 Å². The maximum atomic E-state index is 11.6. The zero-order chi connectivity index (χ0) is 26.1. The molecule has 2 bridgehead atoms. The Kier molecular flexibility index (Phi) is 4.75. The van der Waals surface area contributed by atoms with Gasteiger partial charge >= 0.3 is 0 Å². The first-order chi connectivity index (χ1) is 18.4. The zero-order valence-corrected chi connectivity index (χ0v) is 20.8. The van der Waals surface area contributed by atoms with Gasteiger partial charge in [0.15, 0.2) is 0 Å². The number of nitrogens with zero attached hydrogens (tertiary/aromatic N) is 3. The predicted molar refractivity (Wildman–Crippen MR) is 143 cm³/mol. The Hall–Kier alpha value is -4.54. The molecule has 2 atom stereocenters. The fourth-order valence-corrected chi connectivity index (χ4v) is 6.37. The predicted octanol–water partition coefficient (Wildman–Crippen LogP) is 6.17. The minimum absolute atomic E-state index is 0.0881. The van der Waals surface area contributed by atoms with Gasteiger partial charge < -0.3 is 19.7 Å². The third-order valence-corrected chi connectivity index (χ3v) is 8.14. The van der Waals surface area contributed by atoms with Crippen LogP contribution in [0.5, 0.6) is 17.5 Å². The Bertz CT molecular complexity index is 1800. The smallest absolute Gasteiger partial charge is 0.205 e. The molecule has 2 unspecified atom stereocenters. The molecule has 0 spiro atoms. The molecule has 1 fully saturated rings. The molecule has 38 heavy (non-hydrogen) atoms. The van der Waals surface area contributed by atoms with E-state index in [0.29, 0.717) is 54.0 Å². The maximum absolute atomic E-state index is 11.6. The normalized spacial score (nSPS) is 21.6. The molecule has 7 rings (SSSR count). The van der Waals surface area contributed by atoms with Gasteiger partial charge in [-0.15, -0.1) is 0 Å². The number of hydrogen-bond donors (Lipinski definition) is 2. The SMILES string of the molecule is CC12CCC(CCOc3ccc4cccnc4c3)(O1)c1c2c(O)n(-c2ccc3ccccc3c2C#N)c1O. The van der Waals surface area contributed by atoms with Crippen LogP contribution in [-0.4, -0.2) is 26.4 Å². The molecule has 4 heterocycles. The Morgan fingerprint density at radius 1 is 1.00 bits per heavy atom. The van der Waals surface area contributed by atoms with Gasteiger partial charge in [-0.05, 0) is 49.4 Å². The van der Waals surface area contributed by atoms with Crippen LogP contribution in [0, 0.1) is 11.3 Å².